The van der Waals surface area contributed by atoms with Crippen molar-refractivity contribution < 1.29 is 4.52 Å². The molecule has 0 N–H and O–H groups in total. The van der Waals surface area contributed by atoms with Crippen molar-refractivity contribution in [1.82, 2.24) is 19.9 Å². The number of rotatable bonds is 5. The quantitative estimate of drug-likeness (QED) is 0.688. The fourth-order valence-electron chi connectivity index (χ4n) is 3.58. The Morgan fingerprint density at radius 1 is 0.963 bits per heavy atom. The molecule has 4 rings (SSSR count). The summed E-state index contributed by atoms with van der Waals surface area (Å²) in [5, 5.41) is 4.14. The molecule has 140 valence electrons. The van der Waals surface area contributed by atoms with Crippen LogP contribution in [0.15, 0.2) is 59.1 Å². The lowest BCUT2D eigenvalue weighted by Gasteiger charge is -2.37. The van der Waals surface area contributed by atoms with Crippen LogP contribution in [0, 0.1) is 6.92 Å². The van der Waals surface area contributed by atoms with Gasteiger partial charge in [-0.25, -0.2) is 0 Å². The monoisotopic (exact) mass is 362 g/mol. The predicted octanol–water partition coefficient (Wildman–Crippen LogP) is 3.92. The van der Waals surface area contributed by atoms with E-state index in [-0.39, 0.29) is 0 Å². The molecule has 27 heavy (non-hydrogen) atoms. The highest BCUT2D eigenvalue weighted by Crippen LogP contribution is 2.22. The zero-order valence-corrected chi connectivity index (χ0v) is 16.0. The Bertz CT molecular complexity index is 852. The summed E-state index contributed by atoms with van der Waals surface area (Å²) < 4.78 is 5.48. The summed E-state index contributed by atoms with van der Waals surface area (Å²) in [5.74, 6) is 1.36. The van der Waals surface area contributed by atoms with Crippen molar-refractivity contribution in [2.24, 2.45) is 0 Å². The first-order valence-corrected chi connectivity index (χ1v) is 9.60. The summed E-state index contributed by atoms with van der Waals surface area (Å²) >= 11 is 0. The molecule has 1 aliphatic rings. The maximum Gasteiger partial charge on any atom is 0.241 e. The molecular formula is C22H26N4O. The topological polar surface area (TPSA) is 45.4 Å². The minimum absolute atomic E-state index is 0.449. The van der Waals surface area contributed by atoms with Crippen LogP contribution >= 0.6 is 0 Å². The van der Waals surface area contributed by atoms with Crippen molar-refractivity contribution >= 4 is 0 Å². The number of aromatic nitrogens is 2. The molecule has 3 aromatic rings. The first kappa shape index (κ1) is 17.9. The third-order valence-electron chi connectivity index (χ3n) is 5.37. The molecule has 0 saturated carbocycles. The lowest BCUT2D eigenvalue weighted by molar-refractivity contribution is 0.0905. The van der Waals surface area contributed by atoms with E-state index in [9.17, 15) is 0 Å². The van der Waals surface area contributed by atoms with Gasteiger partial charge in [0.05, 0.1) is 6.54 Å². The second-order valence-electron chi connectivity index (χ2n) is 7.28. The number of benzene rings is 2. The van der Waals surface area contributed by atoms with E-state index in [4.69, 9.17) is 4.52 Å². The molecule has 2 aromatic carbocycles. The summed E-state index contributed by atoms with van der Waals surface area (Å²) in [6.07, 6.45) is 0. The fourth-order valence-corrected chi connectivity index (χ4v) is 3.58. The number of aryl methyl sites for hydroxylation is 1. The Balaban J connectivity index is 1.32. The minimum atomic E-state index is 0.449. The zero-order chi connectivity index (χ0) is 18.6. The van der Waals surface area contributed by atoms with Gasteiger partial charge in [-0.05, 0) is 19.4 Å². The van der Waals surface area contributed by atoms with Crippen molar-refractivity contribution in [2.75, 3.05) is 26.2 Å². The summed E-state index contributed by atoms with van der Waals surface area (Å²) in [6, 6.07) is 19.4. The SMILES string of the molecule is Cc1ccc(-c2noc(CN3CCN(C(C)c4ccccc4)CC3)n2)cc1. The number of hydrogen-bond donors (Lipinski definition) is 0. The van der Waals surface area contributed by atoms with Gasteiger partial charge in [0.15, 0.2) is 0 Å². The van der Waals surface area contributed by atoms with E-state index < -0.39 is 0 Å². The highest BCUT2D eigenvalue weighted by Gasteiger charge is 2.23. The van der Waals surface area contributed by atoms with Gasteiger partial charge in [0.1, 0.15) is 0 Å². The number of piperazine rings is 1. The highest BCUT2D eigenvalue weighted by molar-refractivity contribution is 5.54. The van der Waals surface area contributed by atoms with E-state index in [2.05, 4.69) is 76.3 Å². The summed E-state index contributed by atoms with van der Waals surface area (Å²) in [7, 11) is 0. The van der Waals surface area contributed by atoms with Gasteiger partial charge in [0.25, 0.3) is 0 Å². The van der Waals surface area contributed by atoms with Crippen LogP contribution in [0.25, 0.3) is 11.4 Å². The van der Waals surface area contributed by atoms with Gasteiger partial charge in [0, 0.05) is 37.8 Å². The largest absolute Gasteiger partial charge is 0.338 e. The smallest absolute Gasteiger partial charge is 0.241 e. The van der Waals surface area contributed by atoms with Gasteiger partial charge in [0.2, 0.25) is 11.7 Å². The maximum absolute atomic E-state index is 5.48. The maximum atomic E-state index is 5.48. The molecule has 1 unspecified atom stereocenters. The van der Waals surface area contributed by atoms with Gasteiger partial charge in [-0.15, -0.1) is 0 Å². The van der Waals surface area contributed by atoms with Crippen molar-refractivity contribution in [3.8, 4) is 11.4 Å². The molecule has 1 aliphatic heterocycles. The van der Waals surface area contributed by atoms with Crippen LogP contribution in [0.5, 0.6) is 0 Å². The third-order valence-corrected chi connectivity index (χ3v) is 5.37. The standard InChI is InChI=1S/C22H26N4O/c1-17-8-10-20(11-9-17)22-23-21(27-24-22)16-25-12-14-26(15-13-25)18(2)19-6-4-3-5-7-19/h3-11,18H,12-16H2,1-2H3. The molecule has 1 atom stereocenters. The molecule has 0 spiro atoms. The van der Waals surface area contributed by atoms with Crippen LogP contribution in [-0.4, -0.2) is 46.1 Å². The van der Waals surface area contributed by atoms with Crippen LogP contribution in [0.2, 0.25) is 0 Å². The first-order valence-electron chi connectivity index (χ1n) is 9.60. The molecule has 0 bridgehead atoms. The van der Waals surface area contributed by atoms with Crippen molar-refractivity contribution in [1.29, 1.82) is 0 Å². The molecule has 5 heteroatoms. The van der Waals surface area contributed by atoms with Crippen molar-refractivity contribution in [2.45, 2.75) is 26.4 Å². The van der Waals surface area contributed by atoms with Crippen LogP contribution in [0.1, 0.15) is 30.0 Å². The lowest BCUT2D eigenvalue weighted by atomic mass is 10.1. The predicted molar refractivity (Wildman–Crippen MR) is 106 cm³/mol. The average molecular weight is 362 g/mol. The molecule has 1 fully saturated rings. The molecule has 1 saturated heterocycles. The first-order chi connectivity index (χ1) is 13.2. The van der Waals surface area contributed by atoms with Gasteiger partial charge in [-0.1, -0.05) is 65.3 Å². The molecule has 0 amide bonds. The van der Waals surface area contributed by atoms with Crippen LogP contribution in [-0.2, 0) is 6.54 Å². The molecule has 0 aliphatic carbocycles. The second-order valence-corrected chi connectivity index (χ2v) is 7.28. The zero-order valence-electron chi connectivity index (χ0n) is 16.0. The van der Waals surface area contributed by atoms with E-state index in [1.165, 1.54) is 11.1 Å². The van der Waals surface area contributed by atoms with Gasteiger partial charge in [-0.3, -0.25) is 9.80 Å². The van der Waals surface area contributed by atoms with Crippen LogP contribution < -0.4 is 0 Å². The lowest BCUT2D eigenvalue weighted by Crippen LogP contribution is -2.46. The second kappa shape index (κ2) is 8.03. The van der Waals surface area contributed by atoms with E-state index in [0.717, 1.165) is 31.7 Å². The van der Waals surface area contributed by atoms with E-state index in [1.807, 2.05) is 12.1 Å². The normalized spacial score (nSPS) is 17.1. The van der Waals surface area contributed by atoms with Gasteiger partial charge in [-0.2, -0.15) is 4.98 Å². The van der Waals surface area contributed by atoms with Crippen molar-refractivity contribution in [3.63, 3.8) is 0 Å². The molecule has 0 radical (unpaired) electrons. The molecular weight excluding hydrogens is 336 g/mol. The number of hydrogen-bond acceptors (Lipinski definition) is 5. The van der Waals surface area contributed by atoms with Crippen LogP contribution in [0.4, 0.5) is 0 Å². The Hall–Kier alpha value is -2.50. The Labute approximate surface area is 160 Å². The summed E-state index contributed by atoms with van der Waals surface area (Å²) in [6.45, 7) is 9.20. The van der Waals surface area contributed by atoms with Crippen LogP contribution in [0.3, 0.4) is 0 Å². The average Bonchev–Trinajstić information content (AvgIpc) is 3.18. The molecule has 1 aromatic heterocycles. The van der Waals surface area contributed by atoms with Crippen molar-refractivity contribution in [3.05, 3.63) is 71.6 Å². The Kier molecular flexibility index (Phi) is 5.32. The third kappa shape index (κ3) is 4.26. The number of nitrogens with zero attached hydrogens (tertiary/aromatic N) is 4. The van der Waals surface area contributed by atoms with E-state index in [1.54, 1.807) is 0 Å². The summed E-state index contributed by atoms with van der Waals surface area (Å²) in [5.41, 5.74) is 3.60. The molecule has 2 heterocycles. The Morgan fingerprint density at radius 2 is 1.67 bits per heavy atom. The fraction of sp³-hybridized carbons (Fsp3) is 0.364. The molecule has 5 nitrogen and oxygen atoms in total. The van der Waals surface area contributed by atoms with Gasteiger partial charge < -0.3 is 4.52 Å². The van der Waals surface area contributed by atoms with E-state index in [0.29, 0.717) is 24.3 Å². The minimum Gasteiger partial charge on any atom is -0.338 e. The van der Waals surface area contributed by atoms with E-state index >= 15 is 0 Å². The Morgan fingerprint density at radius 3 is 2.37 bits per heavy atom. The highest BCUT2D eigenvalue weighted by atomic mass is 16.5. The van der Waals surface area contributed by atoms with Gasteiger partial charge >= 0.3 is 0 Å². The summed E-state index contributed by atoms with van der Waals surface area (Å²) in [4.78, 5) is 9.50.